The van der Waals surface area contributed by atoms with Gasteiger partial charge in [-0.15, -0.1) is 0 Å². The highest BCUT2D eigenvalue weighted by Gasteiger charge is 2.66. The van der Waals surface area contributed by atoms with Gasteiger partial charge in [0.15, 0.2) is 0 Å². The van der Waals surface area contributed by atoms with E-state index in [-0.39, 0.29) is 16.4 Å². The van der Waals surface area contributed by atoms with E-state index in [1.54, 1.807) is 14.2 Å². The van der Waals surface area contributed by atoms with Gasteiger partial charge in [0.1, 0.15) is 17.3 Å². The highest BCUT2D eigenvalue weighted by Crippen LogP contribution is 2.66. The van der Waals surface area contributed by atoms with Crippen molar-refractivity contribution in [3.8, 4) is 11.5 Å². The van der Waals surface area contributed by atoms with Crippen LogP contribution in [0.3, 0.4) is 0 Å². The highest BCUT2D eigenvalue weighted by molar-refractivity contribution is 5.47. The van der Waals surface area contributed by atoms with Crippen molar-refractivity contribution in [1.29, 1.82) is 0 Å². The minimum Gasteiger partial charge on any atom is -0.497 e. The summed E-state index contributed by atoms with van der Waals surface area (Å²) in [6.45, 7) is 13.2. The zero-order chi connectivity index (χ0) is 24.1. The van der Waals surface area contributed by atoms with Gasteiger partial charge in [-0.1, -0.05) is 38.0 Å². The van der Waals surface area contributed by atoms with Crippen LogP contribution in [0.15, 0.2) is 47.8 Å². The minimum absolute atomic E-state index is 0.0543. The number of fused-ring (bicyclic) bond motifs is 2. The molecule has 33 heavy (non-hydrogen) atoms. The predicted molar refractivity (Wildman–Crippen MR) is 133 cm³/mol. The smallest absolute Gasteiger partial charge is 0.236 e. The molecule has 0 bridgehead atoms. The average Bonchev–Trinajstić information content (AvgIpc) is 3.22. The first-order valence-electron chi connectivity index (χ1n) is 12.1. The molecular weight excluding hydrogens is 412 g/mol. The lowest BCUT2D eigenvalue weighted by molar-refractivity contribution is -0.292. The molecule has 1 aromatic rings. The summed E-state index contributed by atoms with van der Waals surface area (Å²) in [6, 6.07) is 4.07. The largest absolute Gasteiger partial charge is 0.497 e. The molecule has 0 radical (unpaired) electrons. The molecule has 0 amide bonds. The number of hydrogen-bond acceptors (Lipinski definition) is 4. The van der Waals surface area contributed by atoms with E-state index in [2.05, 4.69) is 71.9 Å². The first-order valence-corrected chi connectivity index (χ1v) is 12.1. The summed E-state index contributed by atoms with van der Waals surface area (Å²) in [7, 11) is 3.43. The molecule has 4 heteroatoms. The van der Waals surface area contributed by atoms with E-state index in [0.29, 0.717) is 0 Å². The Balaban J connectivity index is 1.59. The number of hydrogen-bond donors (Lipinski definition) is 0. The third kappa shape index (κ3) is 4.01. The van der Waals surface area contributed by atoms with Gasteiger partial charge in [-0.05, 0) is 76.8 Å². The first kappa shape index (κ1) is 23.9. The SMILES string of the molecule is COc1cc(C)c(OC)c(CC=C(C)CC2=C[C@]3(C)CCC[C@]3(C)[C@@]3(C=CC(C)(C)O3)O2)c1. The Morgan fingerprint density at radius 3 is 2.45 bits per heavy atom. The van der Waals surface area contributed by atoms with E-state index >= 15 is 0 Å². The molecule has 1 fully saturated rings. The first-order chi connectivity index (χ1) is 15.5. The number of methoxy groups -OCH3 is 2. The van der Waals surface area contributed by atoms with Gasteiger partial charge >= 0.3 is 0 Å². The number of benzene rings is 1. The summed E-state index contributed by atoms with van der Waals surface area (Å²) in [4.78, 5) is 0. The summed E-state index contributed by atoms with van der Waals surface area (Å²) >= 11 is 0. The second-order valence-corrected chi connectivity index (χ2v) is 11.1. The van der Waals surface area contributed by atoms with Crippen molar-refractivity contribution in [2.75, 3.05) is 14.2 Å². The molecule has 1 aliphatic carbocycles. The zero-order valence-corrected chi connectivity index (χ0v) is 21.6. The van der Waals surface area contributed by atoms with Crippen LogP contribution in [-0.2, 0) is 15.9 Å². The summed E-state index contributed by atoms with van der Waals surface area (Å²) in [5, 5.41) is 0. The molecule has 2 heterocycles. The Kier molecular flexibility index (Phi) is 5.97. The van der Waals surface area contributed by atoms with Crippen molar-refractivity contribution in [1.82, 2.24) is 0 Å². The fourth-order valence-corrected chi connectivity index (χ4v) is 6.08. The van der Waals surface area contributed by atoms with Crippen LogP contribution in [0.4, 0.5) is 0 Å². The van der Waals surface area contributed by atoms with Gasteiger partial charge in [0.2, 0.25) is 5.79 Å². The van der Waals surface area contributed by atoms with Gasteiger partial charge in [-0.2, -0.15) is 0 Å². The van der Waals surface area contributed by atoms with Crippen molar-refractivity contribution in [3.05, 3.63) is 58.9 Å². The highest BCUT2D eigenvalue weighted by atomic mass is 16.7. The lowest BCUT2D eigenvalue weighted by Crippen LogP contribution is -2.57. The monoisotopic (exact) mass is 452 g/mol. The van der Waals surface area contributed by atoms with E-state index in [0.717, 1.165) is 47.6 Å². The second kappa shape index (κ2) is 8.23. The molecule has 0 N–H and O–H groups in total. The standard InChI is InChI=1S/C29H40O4/c1-20(10-11-22-18-23(30-7)17-21(2)25(22)31-8)16-24-19-27(5)12-9-13-28(27,6)29(32-24)15-14-26(3,4)33-29/h10,14-15,17-19H,9,11-13,16H2,1-8H3/t27-,28-,29-/m0/s1. The third-order valence-electron chi connectivity index (χ3n) is 8.17. The fraction of sp³-hybridized carbons (Fsp3) is 0.586. The van der Waals surface area contributed by atoms with Crippen LogP contribution in [0, 0.1) is 17.8 Å². The van der Waals surface area contributed by atoms with Crippen LogP contribution >= 0.6 is 0 Å². The normalized spacial score (nSPS) is 32.5. The van der Waals surface area contributed by atoms with Gasteiger partial charge in [0.05, 0.1) is 19.8 Å². The molecule has 2 aliphatic heterocycles. The van der Waals surface area contributed by atoms with Crippen LogP contribution in [0.2, 0.25) is 0 Å². The van der Waals surface area contributed by atoms with Crippen molar-refractivity contribution >= 4 is 0 Å². The van der Waals surface area contributed by atoms with E-state index in [1.165, 1.54) is 18.4 Å². The number of aryl methyl sites for hydroxylation is 1. The number of rotatable bonds is 6. The molecule has 0 unspecified atom stereocenters. The predicted octanol–water partition coefficient (Wildman–Crippen LogP) is 7.06. The Hall–Kier alpha value is -2.20. The fourth-order valence-electron chi connectivity index (χ4n) is 6.08. The quantitative estimate of drug-likeness (QED) is 0.433. The lowest BCUT2D eigenvalue weighted by atomic mass is 9.61. The zero-order valence-electron chi connectivity index (χ0n) is 21.6. The van der Waals surface area contributed by atoms with E-state index in [1.807, 2.05) is 6.07 Å². The Bertz CT molecular complexity index is 1020. The summed E-state index contributed by atoms with van der Waals surface area (Å²) in [6.07, 6.45) is 14.0. The molecule has 4 rings (SSSR count). The summed E-state index contributed by atoms with van der Waals surface area (Å²) in [5.41, 5.74) is 3.14. The molecule has 180 valence electrons. The molecular formula is C29H40O4. The van der Waals surface area contributed by atoms with Gasteiger partial charge in [0, 0.05) is 22.8 Å². The second-order valence-electron chi connectivity index (χ2n) is 11.1. The molecule has 0 aromatic heterocycles. The van der Waals surface area contributed by atoms with E-state index < -0.39 is 5.79 Å². The van der Waals surface area contributed by atoms with Gasteiger partial charge in [0.25, 0.3) is 0 Å². The van der Waals surface area contributed by atoms with Crippen molar-refractivity contribution < 1.29 is 18.9 Å². The molecule has 3 aliphatic rings. The number of ether oxygens (including phenoxy) is 4. The topological polar surface area (TPSA) is 36.9 Å². The van der Waals surface area contributed by atoms with Crippen LogP contribution in [-0.4, -0.2) is 25.6 Å². The van der Waals surface area contributed by atoms with E-state index in [9.17, 15) is 0 Å². The molecule has 1 saturated carbocycles. The molecule has 3 atom stereocenters. The van der Waals surface area contributed by atoms with Crippen LogP contribution in [0.25, 0.3) is 0 Å². The summed E-state index contributed by atoms with van der Waals surface area (Å²) in [5.74, 6) is 2.10. The van der Waals surface area contributed by atoms with E-state index in [4.69, 9.17) is 18.9 Å². The van der Waals surface area contributed by atoms with Crippen molar-refractivity contribution in [3.63, 3.8) is 0 Å². The molecule has 1 aromatic carbocycles. The molecule has 0 saturated heterocycles. The number of allylic oxidation sites excluding steroid dienone is 3. The van der Waals surface area contributed by atoms with Crippen LogP contribution in [0.5, 0.6) is 11.5 Å². The van der Waals surface area contributed by atoms with Gasteiger partial charge in [-0.25, -0.2) is 0 Å². The van der Waals surface area contributed by atoms with Gasteiger partial charge in [-0.3, -0.25) is 0 Å². The third-order valence-corrected chi connectivity index (χ3v) is 8.17. The van der Waals surface area contributed by atoms with Gasteiger partial charge < -0.3 is 18.9 Å². The van der Waals surface area contributed by atoms with Crippen molar-refractivity contribution in [2.45, 2.75) is 85.0 Å². The minimum atomic E-state index is -0.695. The molecule has 4 nitrogen and oxygen atoms in total. The van der Waals surface area contributed by atoms with Crippen LogP contribution < -0.4 is 9.47 Å². The molecule has 1 spiro atoms. The maximum atomic E-state index is 6.74. The maximum absolute atomic E-state index is 6.74. The Morgan fingerprint density at radius 1 is 1.06 bits per heavy atom. The maximum Gasteiger partial charge on any atom is 0.236 e. The Morgan fingerprint density at radius 2 is 1.82 bits per heavy atom. The lowest BCUT2D eigenvalue weighted by Gasteiger charge is -2.54. The average molecular weight is 453 g/mol. The van der Waals surface area contributed by atoms with Crippen LogP contribution in [0.1, 0.15) is 71.4 Å². The van der Waals surface area contributed by atoms with Crippen molar-refractivity contribution in [2.24, 2.45) is 10.8 Å². The summed E-state index contributed by atoms with van der Waals surface area (Å²) < 4.78 is 24.5. The Labute approximate surface area is 199 Å².